The van der Waals surface area contributed by atoms with E-state index in [1.165, 1.54) is 0 Å². The maximum atomic E-state index is 11.6. The second-order valence-corrected chi connectivity index (χ2v) is 4.76. The van der Waals surface area contributed by atoms with Crippen LogP contribution in [0.2, 0.25) is 0 Å². The zero-order valence-corrected chi connectivity index (χ0v) is 9.86. The molecule has 0 aromatic carbocycles. The van der Waals surface area contributed by atoms with Gasteiger partial charge in [-0.05, 0) is 5.41 Å². The smallest absolute Gasteiger partial charge is 0.326 e. The van der Waals surface area contributed by atoms with Crippen LogP contribution in [0.25, 0.3) is 0 Å². The number of carbonyl (C=O) groups excluding carboxylic acids is 1. The van der Waals surface area contributed by atoms with Gasteiger partial charge < -0.3 is 21.3 Å². The van der Waals surface area contributed by atoms with Crippen molar-refractivity contribution in [2.75, 3.05) is 6.61 Å². The summed E-state index contributed by atoms with van der Waals surface area (Å²) in [5, 5.41) is 19.7. The number of aliphatic hydroxyl groups excluding tert-OH is 1. The van der Waals surface area contributed by atoms with E-state index in [1.54, 1.807) is 20.8 Å². The van der Waals surface area contributed by atoms with Gasteiger partial charge in [0, 0.05) is 13.0 Å². The van der Waals surface area contributed by atoms with Crippen LogP contribution in [-0.4, -0.2) is 40.8 Å². The van der Waals surface area contributed by atoms with Crippen molar-refractivity contribution in [2.24, 2.45) is 11.1 Å². The Bertz CT molecular complexity index is 260. The topological polar surface area (TPSA) is 113 Å². The van der Waals surface area contributed by atoms with E-state index in [9.17, 15) is 9.59 Å². The molecular weight excluding hydrogens is 212 g/mol. The minimum Gasteiger partial charge on any atom is -0.480 e. The summed E-state index contributed by atoms with van der Waals surface area (Å²) in [6.07, 6.45) is -0.0298. The number of hydrogen-bond acceptors (Lipinski definition) is 4. The van der Waals surface area contributed by atoms with E-state index in [4.69, 9.17) is 15.9 Å². The minimum atomic E-state index is -1.18. The lowest BCUT2D eigenvalue weighted by atomic mass is 9.87. The Balaban J connectivity index is 4.46. The highest BCUT2D eigenvalue weighted by Gasteiger charge is 2.30. The van der Waals surface area contributed by atoms with Crippen molar-refractivity contribution in [3.8, 4) is 0 Å². The summed E-state index contributed by atoms with van der Waals surface area (Å²) < 4.78 is 0. The van der Waals surface area contributed by atoms with E-state index in [1.807, 2.05) is 0 Å². The van der Waals surface area contributed by atoms with Crippen molar-refractivity contribution in [1.82, 2.24) is 5.32 Å². The van der Waals surface area contributed by atoms with Gasteiger partial charge in [0.15, 0.2) is 0 Å². The third-order valence-corrected chi connectivity index (χ3v) is 2.25. The summed E-state index contributed by atoms with van der Waals surface area (Å²) in [6, 6.07) is -1.88. The molecule has 0 bridgehead atoms. The largest absolute Gasteiger partial charge is 0.480 e. The van der Waals surface area contributed by atoms with Gasteiger partial charge in [-0.3, -0.25) is 4.79 Å². The van der Waals surface area contributed by atoms with Gasteiger partial charge in [0.2, 0.25) is 5.91 Å². The van der Waals surface area contributed by atoms with Gasteiger partial charge in [0.1, 0.15) is 6.04 Å². The zero-order valence-electron chi connectivity index (χ0n) is 9.86. The van der Waals surface area contributed by atoms with Gasteiger partial charge in [0.25, 0.3) is 0 Å². The predicted molar refractivity (Wildman–Crippen MR) is 58.7 cm³/mol. The lowest BCUT2D eigenvalue weighted by molar-refractivity contribution is -0.142. The SMILES string of the molecule is CC(C)(C)[C@H](N)C(=O)N[C@H](CCO)C(=O)O. The first-order valence-corrected chi connectivity index (χ1v) is 5.09. The molecule has 94 valence electrons. The number of rotatable bonds is 5. The Hall–Kier alpha value is -1.14. The molecule has 0 aliphatic rings. The number of hydrogen-bond donors (Lipinski definition) is 4. The van der Waals surface area contributed by atoms with Crippen molar-refractivity contribution in [2.45, 2.75) is 39.3 Å². The zero-order chi connectivity index (χ0) is 12.9. The fourth-order valence-electron chi connectivity index (χ4n) is 1.04. The van der Waals surface area contributed by atoms with Crippen molar-refractivity contribution in [3.63, 3.8) is 0 Å². The molecule has 0 aliphatic carbocycles. The summed E-state index contributed by atoms with van der Waals surface area (Å²) in [7, 11) is 0. The molecule has 5 N–H and O–H groups in total. The van der Waals surface area contributed by atoms with Gasteiger partial charge in [0.05, 0.1) is 6.04 Å². The summed E-state index contributed by atoms with van der Waals surface area (Å²) >= 11 is 0. The van der Waals surface area contributed by atoms with Crippen LogP contribution < -0.4 is 11.1 Å². The fraction of sp³-hybridized carbons (Fsp3) is 0.800. The Morgan fingerprint density at radius 2 is 1.88 bits per heavy atom. The Morgan fingerprint density at radius 1 is 1.38 bits per heavy atom. The van der Waals surface area contributed by atoms with Gasteiger partial charge >= 0.3 is 5.97 Å². The summed E-state index contributed by atoms with van der Waals surface area (Å²) in [5.41, 5.74) is 5.23. The third kappa shape index (κ3) is 4.59. The fourth-order valence-corrected chi connectivity index (χ4v) is 1.04. The average molecular weight is 232 g/mol. The second-order valence-electron chi connectivity index (χ2n) is 4.76. The Labute approximate surface area is 94.8 Å². The summed E-state index contributed by atoms with van der Waals surface area (Å²) in [6.45, 7) is 5.07. The van der Waals surface area contributed by atoms with Crippen LogP contribution in [0.5, 0.6) is 0 Å². The van der Waals surface area contributed by atoms with Crippen molar-refractivity contribution in [1.29, 1.82) is 0 Å². The second kappa shape index (κ2) is 5.81. The first kappa shape index (κ1) is 14.9. The Morgan fingerprint density at radius 3 is 2.19 bits per heavy atom. The van der Waals surface area contributed by atoms with Gasteiger partial charge in [-0.2, -0.15) is 0 Å². The molecule has 2 atom stereocenters. The number of aliphatic hydroxyl groups is 1. The third-order valence-electron chi connectivity index (χ3n) is 2.25. The molecule has 0 fully saturated rings. The minimum absolute atomic E-state index is 0.0298. The molecular formula is C10H20N2O4. The number of aliphatic carboxylic acids is 1. The van der Waals surface area contributed by atoms with E-state index < -0.39 is 29.4 Å². The molecule has 0 unspecified atom stereocenters. The van der Waals surface area contributed by atoms with Gasteiger partial charge in [-0.1, -0.05) is 20.8 Å². The molecule has 0 aromatic rings. The lowest BCUT2D eigenvalue weighted by Crippen LogP contribution is -2.53. The van der Waals surface area contributed by atoms with E-state index in [2.05, 4.69) is 5.32 Å². The van der Waals surface area contributed by atoms with Crippen molar-refractivity contribution >= 4 is 11.9 Å². The van der Waals surface area contributed by atoms with Crippen LogP contribution in [0, 0.1) is 5.41 Å². The molecule has 6 nitrogen and oxygen atoms in total. The molecule has 0 radical (unpaired) electrons. The van der Waals surface area contributed by atoms with E-state index >= 15 is 0 Å². The van der Waals surface area contributed by atoms with Crippen LogP contribution in [-0.2, 0) is 9.59 Å². The standard InChI is InChI=1S/C10H20N2O4/c1-10(2,3)7(11)8(14)12-6(4-5-13)9(15)16/h6-7,13H,4-5,11H2,1-3H3,(H,12,14)(H,15,16)/t6-,7-/m1/s1. The van der Waals surface area contributed by atoms with Crippen LogP contribution in [0.1, 0.15) is 27.2 Å². The molecule has 1 amide bonds. The summed E-state index contributed by atoms with van der Waals surface area (Å²) in [5.74, 6) is -1.70. The summed E-state index contributed by atoms with van der Waals surface area (Å²) in [4.78, 5) is 22.3. The Kier molecular flexibility index (Phi) is 5.40. The first-order chi connectivity index (χ1) is 7.20. The monoisotopic (exact) mass is 232 g/mol. The highest BCUT2D eigenvalue weighted by Crippen LogP contribution is 2.17. The maximum absolute atomic E-state index is 11.6. The molecule has 0 heterocycles. The molecule has 0 saturated carbocycles. The van der Waals surface area contributed by atoms with E-state index in [-0.39, 0.29) is 13.0 Å². The van der Waals surface area contributed by atoms with Crippen LogP contribution in [0.15, 0.2) is 0 Å². The highest BCUT2D eigenvalue weighted by molar-refractivity contribution is 5.87. The molecule has 0 aliphatic heterocycles. The number of carboxylic acids is 1. The number of nitrogens with two attached hydrogens (primary N) is 1. The first-order valence-electron chi connectivity index (χ1n) is 5.09. The predicted octanol–water partition coefficient (Wildman–Crippen LogP) is -0.688. The molecule has 0 rings (SSSR count). The molecule has 16 heavy (non-hydrogen) atoms. The molecule has 0 saturated heterocycles. The molecule has 6 heteroatoms. The van der Waals surface area contributed by atoms with E-state index in [0.29, 0.717) is 0 Å². The van der Waals surface area contributed by atoms with Crippen LogP contribution in [0.3, 0.4) is 0 Å². The maximum Gasteiger partial charge on any atom is 0.326 e. The number of carboxylic acid groups (broad SMARTS) is 1. The number of nitrogens with one attached hydrogen (secondary N) is 1. The van der Waals surface area contributed by atoms with Crippen molar-refractivity contribution < 1.29 is 19.8 Å². The lowest BCUT2D eigenvalue weighted by Gasteiger charge is -2.27. The highest BCUT2D eigenvalue weighted by atomic mass is 16.4. The number of carbonyl (C=O) groups is 2. The van der Waals surface area contributed by atoms with Gasteiger partial charge in [-0.15, -0.1) is 0 Å². The normalized spacial score (nSPS) is 15.3. The molecule has 0 aromatic heterocycles. The van der Waals surface area contributed by atoms with Gasteiger partial charge in [-0.25, -0.2) is 4.79 Å². The number of amides is 1. The van der Waals surface area contributed by atoms with Crippen LogP contribution >= 0.6 is 0 Å². The van der Waals surface area contributed by atoms with Crippen molar-refractivity contribution in [3.05, 3.63) is 0 Å². The molecule has 0 spiro atoms. The van der Waals surface area contributed by atoms with Crippen LogP contribution in [0.4, 0.5) is 0 Å². The average Bonchev–Trinajstić information content (AvgIpc) is 2.14. The quantitative estimate of drug-likeness (QED) is 0.501. The van der Waals surface area contributed by atoms with E-state index in [0.717, 1.165) is 0 Å².